The van der Waals surface area contributed by atoms with E-state index >= 15 is 0 Å². The van der Waals surface area contributed by atoms with E-state index in [4.69, 9.17) is 16.7 Å². The van der Waals surface area contributed by atoms with Gasteiger partial charge in [-0.3, -0.25) is 0 Å². The molecule has 1 heterocycles. The van der Waals surface area contributed by atoms with Gasteiger partial charge in [0.2, 0.25) is 10.0 Å². The van der Waals surface area contributed by atoms with Crippen LogP contribution < -0.4 is 4.72 Å². The van der Waals surface area contributed by atoms with Gasteiger partial charge in [-0.25, -0.2) is 17.9 Å². The van der Waals surface area contributed by atoms with Crippen molar-refractivity contribution in [2.24, 2.45) is 11.3 Å². The summed E-state index contributed by atoms with van der Waals surface area (Å²) < 4.78 is 29.0. The molecule has 3 rings (SSSR count). The van der Waals surface area contributed by atoms with Crippen LogP contribution in [0.4, 0.5) is 0 Å². The number of aliphatic carboxylic acids is 1. The number of thiophene rings is 1. The molecule has 8 heteroatoms. The lowest BCUT2D eigenvalue weighted by Crippen LogP contribution is -2.46. The lowest BCUT2D eigenvalue weighted by molar-refractivity contribution is -0.131. The maximum absolute atomic E-state index is 12.7. The molecule has 2 bridgehead atoms. The first kappa shape index (κ1) is 17.9. The minimum Gasteiger partial charge on any atom is -0.478 e. The molecule has 3 atom stereocenters. The Morgan fingerprint density at radius 3 is 2.79 bits per heavy atom. The van der Waals surface area contributed by atoms with Crippen LogP contribution >= 0.6 is 22.9 Å². The van der Waals surface area contributed by atoms with Crippen molar-refractivity contribution >= 4 is 38.9 Å². The van der Waals surface area contributed by atoms with E-state index in [1.54, 1.807) is 12.1 Å². The fourth-order valence-corrected chi connectivity index (χ4v) is 6.98. The van der Waals surface area contributed by atoms with Crippen LogP contribution in [0.2, 0.25) is 4.34 Å². The lowest BCUT2D eigenvalue weighted by atomic mass is 9.78. The van der Waals surface area contributed by atoms with Crippen molar-refractivity contribution in [3.63, 3.8) is 0 Å². The SMILES string of the molecule is O=C(O)/C=C/C12CCCCC(CC1)C2NS(=O)(=O)c1ccc(Cl)s1. The molecular formula is C16H20ClNO4S2. The number of carboxylic acid groups (broad SMARTS) is 1. The molecule has 0 spiro atoms. The molecule has 5 nitrogen and oxygen atoms in total. The number of carbonyl (C=O) groups is 1. The Bertz CT molecular complexity index is 758. The maximum Gasteiger partial charge on any atom is 0.327 e. The van der Waals surface area contributed by atoms with E-state index in [1.165, 1.54) is 6.07 Å². The van der Waals surface area contributed by atoms with Gasteiger partial charge >= 0.3 is 5.97 Å². The van der Waals surface area contributed by atoms with Gasteiger partial charge in [0.05, 0.1) is 4.34 Å². The van der Waals surface area contributed by atoms with Gasteiger partial charge in [-0.15, -0.1) is 11.3 Å². The number of fused-ring (bicyclic) bond motifs is 2. The van der Waals surface area contributed by atoms with Gasteiger partial charge in [-0.1, -0.05) is 30.5 Å². The number of sulfonamides is 1. The minimum atomic E-state index is -3.66. The maximum atomic E-state index is 12.7. The molecule has 2 N–H and O–H groups in total. The molecule has 0 aromatic carbocycles. The van der Waals surface area contributed by atoms with Crippen LogP contribution in [0, 0.1) is 11.3 Å². The summed E-state index contributed by atoms with van der Waals surface area (Å²) in [6, 6.07) is 2.82. The van der Waals surface area contributed by atoms with E-state index in [0.29, 0.717) is 4.34 Å². The number of hydrogen-bond donors (Lipinski definition) is 2. The summed E-state index contributed by atoms with van der Waals surface area (Å²) in [7, 11) is -3.66. The lowest BCUT2D eigenvalue weighted by Gasteiger charge is -2.33. The van der Waals surface area contributed by atoms with Crippen LogP contribution in [0.25, 0.3) is 0 Å². The first-order valence-corrected chi connectivity index (χ1v) is 10.7. The van der Waals surface area contributed by atoms with Gasteiger partial charge < -0.3 is 5.11 Å². The molecule has 0 radical (unpaired) electrons. The molecule has 2 saturated carbocycles. The summed E-state index contributed by atoms with van der Waals surface area (Å²) in [5.74, 6) is -0.750. The van der Waals surface area contributed by atoms with Crippen molar-refractivity contribution in [2.75, 3.05) is 0 Å². The third-order valence-electron chi connectivity index (χ3n) is 5.19. The predicted octanol–water partition coefficient (Wildman–Crippen LogP) is 3.66. The van der Waals surface area contributed by atoms with Crippen molar-refractivity contribution in [3.8, 4) is 0 Å². The highest BCUT2D eigenvalue weighted by Crippen LogP contribution is 2.51. The summed E-state index contributed by atoms with van der Waals surface area (Å²) in [5, 5.41) is 9.00. The highest BCUT2D eigenvalue weighted by atomic mass is 35.5. The van der Waals surface area contributed by atoms with Crippen molar-refractivity contribution in [3.05, 3.63) is 28.6 Å². The van der Waals surface area contributed by atoms with Gasteiger partial charge in [-0.2, -0.15) is 0 Å². The summed E-state index contributed by atoms with van der Waals surface area (Å²) in [6.45, 7) is 0. The first-order chi connectivity index (χ1) is 11.3. The normalized spacial score (nSPS) is 30.5. The van der Waals surface area contributed by atoms with Gasteiger partial charge in [-0.05, 0) is 43.7 Å². The van der Waals surface area contributed by atoms with Crippen LogP contribution in [-0.2, 0) is 14.8 Å². The zero-order chi connectivity index (χ0) is 17.4. The topological polar surface area (TPSA) is 83.5 Å². The van der Waals surface area contributed by atoms with Gasteiger partial charge in [0.25, 0.3) is 0 Å². The monoisotopic (exact) mass is 389 g/mol. The molecule has 3 unspecified atom stereocenters. The second kappa shape index (κ2) is 6.78. The molecule has 1 aromatic rings. The molecule has 132 valence electrons. The quantitative estimate of drug-likeness (QED) is 0.752. The van der Waals surface area contributed by atoms with Gasteiger partial charge in [0.15, 0.2) is 0 Å². The smallest absolute Gasteiger partial charge is 0.327 e. The molecular weight excluding hydrogens is 370 g/mol. The number of hydrogen-bond acceptors (Lipinski definition) is 4. The zero-order valence-corrected chi connectivity index (χ0v) is 15.5. The molecule has 2 fully saturated rings. The number of carboxylic acids is 1. The summed E-state index contributed by atoms with van der Waals surface area (Å²) in [4.78, 5) is 11.0. The third kappa shape index (κ3) is 3.54. The Balaban J connectivity index is 1.92. The van der Waals surface area contributed by atoms with E-state index in [2.05, 4.69) is 4.72 Å². The number of rotatable bonds is 5. The molecule has 0 aliphatic heterocycles. The summed E-state index contributed by atoms with van der Waals surface area (Å²) in [5.41, 5.74) is -0.409. The molecule has 24 heavy (non-hydrogen) atoms. The van der Waals surface area contributed by atoms with Crippen LogP contribution in [0.1, 0.15) is 38.5 Å². The van der Waals surface area contributed by atoms with Crippen LogP contribution in [0.3, 0.4) is 0 Å². The fourth-order valence-electron chi connectivity index (χ4n) is 4.09. The van der Waals surface area contributed by atoms with Crippen LogP contribution in [0.15, 0.2) is 28.5 Å². The summed E-state index contributed by atoms with van der Waals surface area (Å²) >= 11 is 6.90. The van der Waals surface area contributed by atoms with E-state index in [1.807, 2.05) is 0 Å². The van der Waals surface area contributed by atoms with Gasteiger partial charge in [0.1, 0.15) is 4.21 Å². The Labute approximate surface area is 150 Å². The third-order valence-corrected chi connectivity index (χ3v) is 8.36. The standard InChI is InChI=1S/C16H20ClNO4S2/c17-12-4-5-14(23-12)24(21,22)18-15-11-3-1-2-8-16(15,9-6-11)10-7-13(19)20/h4-5,7,10-11,15,18H,1-3,6,8-9H2,(H,19,20)/b10-7+. The fraction of sp³-hybridized carbons (Fsp3) is 0.562. The highest BCUT2D eigenvalue weighted by molar-refractivity contribution is 7.91. The zero-order valence-electron chi connectivity index (χ0n) is 13.1. The van der Waals surface area contributed by atoms with Gasteiger partial charge in [0, 0.05) is 17.5 Å². The second-order valence-electron chi connectivity index (χ2n) is 6.61. The Kier molecular flexibility index (Phi) is 5.06. The number of halogens is 1. The molecule has 0 amide bonds. The van der Waals surface area contributed by atoms with Crippen LogP contribution in [-0.4, -0.2) is 25.5 Å². The molecule has 1 aromatic heterocycles. The Morgan fingerprint density at radius 2 is 2.12 bits per heavy atom. The van der Waals surface area contributed by atoms with Crippen molar-refractivity contribution in [1.82, 2.24) is 4.72 Å². The largest absolute Gasteiger partial charge is 0.478 e. The van der Waals surface area contributed by atoms with E-state index in [-0.39, 0.29) is 16.2 Å². The predicted molar refractivity (Wildman–Crippen MR) is 93.8 cm³/mol. The molecule has 2 aliphatic carbocycles. The van der Waals surface area contributed by atoms with E-state index in [9.17, 15) is 13.2 Å². The second-order valence-corrected chi connectivity index (χ2v) is 10.3. The van der Waals surface area contributed by atoms with Crippen molar-refractivity contribution in [1.29, 1.82) is 0 Å². The number of nitrogens with one attached hydrogen (secondary N) is 1. The van der Waals surface area contributed by atoms with Crippen LogP contribution in [0.5, 0.6) is 0 Å². The Hall–Kier alpha value is -0.890. The van der Waals surface area contributed by atoms with Crippen molar-refractivity contribution in [2.45, 2.75) is 48.8 Å². The minimum absolute atomic E-state index is 0.202. The average Bonchev–Trinajstić information content (AvgIpc) is 3.01. The molecule has 0 saturated heterocycles. The van der Waals surface area contributed by atoms with Crippen molar-refractivity contribution < 1.29 is 18.3 Å². The first-order valence-electron chi connectivity index (χ1n) is 8.02. The van der Waals surface area contributed by atoms with E-state index < -0.39 is 21.4 Å². The molecule has 2 aliphatic rings. The highest BCUT2D eigenvalue weighted by Gasteiger charge is 2.49. The Morgan fingerprint density at radius 1 is 1.33 bits per heavy atom. The van der Waals surface area contributed by atoms with E-state index in [0.717, 1.165) is 55.9 Å². The average molecular weight is 390 g/mol. The summed E-state index contributed by atoms with van der Waals surface area (Å²) in [6.07, 6.45) is 8.45.